The number of halogens is 1. The Morgan fingerprint density at radius 2 is 1.74 bits per heavy atom. The molecule has 0 fully saturated rings. The number of hydrogen-bond acceptors (Lipinski definition) is 3. The summed E-state index contributed by atoms with van der Waals surface area (Å²) in [5, 5.41) is 6.67. The Kier molecular flexibility index (Phi) is 8.70. The minimum atomic E-state index is 0. The van der Waals surface area contributed by atoms with Crippen molar-refractivity contribution in [3.05, 3.63) is 84.3 Å². The molecule has 0 spiro atoms. The van der Waals surface area contributed by atoms with Crippen LogP contribution < -0.4 is 10.6 Å². The lowest BCUT2D eigenvalue weighted by Crippen LogP contribution is -2.37. The van der Waals surface area contributed by atoms with Gasteiger partial charge in [0.1, 0.15) is 0 Å². The topological polar surface area (TPSA) is 62.2 Å². The van der Waals surface area contributed by atoms with Gasteiger partial charge in [-0.1, -0.05) is 30.3 Å². The molecule has 2 N–H and O–H groups in total. The zero-order valence-electron chi connectivity index (χ0n) is 15.3. The van der Waals surface area contributed by atoms with Gasteiger partial charge >= 0.3 is 0 Å². The van der Waals surface area contributed by atoms with E-state index in [9.17, 15) is 0 Å². The van der Waals surface area contributed by atoms with E-state index >= 15 is 0 Å². The number of pyridine rings is 2. The first-order valence-electron chi connectivity index (χ1n) is 8.70. The Balaban J connectivity index is 0.00000261. The standard InChI is InChI=1S/C21H23N5.HI/c1-22-21(25-14-11-19-9-2-4-12-23-19)26-16-17-7-6-8-18(15-17)20-10-3-5-13-24-20;/h2-10,12-13,15H,11,14,16H2,1H3,(H2,22,25,26);1H. The highest BCUT2D eigenvalue weighted by Gasteiger charge is 2.02. The molecule has 140 valence electrons. The van der Waals surface area contributed by atoms with E-state index in [0.717, 1.165) is 35.9 Å². The lowest BCUT2D eigenvalue weighted by atomic mass is 10.1. The third-order valence-electron chi connectivity index (χ3n) is 3.97. The summed E-state index contributed by atoms with van der Waals surface area (Å²) >= 11 is 0. The monoisotopic (exact) mass is 473 g/mol. The first kappa shape index (κ1) is 20.8. The number of aliphatic imine (C=N–C) groups is 1. The number of nitrogens with zero attached hydrogens (tertiary/aromatic N) is 3. The van der Waals surface area contributed by atoms with Gasteiger partial charge in [0.2, 0.25) is 0 Å². The van der Waals surface area contributed by atoms with Crippen molar-refractivity contribution >= 4 is 29.9 Å². The summed E-state index contributed by atoms with van der Waals surface area (Å²) in [6, 6.07) is 20.3. The lowest BCUT2D eigenvalue weighted by molar-refractivity contribution is 0.784. The van der Waals surface area contributed by atoms with E-state index in [-0.39, 0.29) is 24.0 Å². The first-order chi connectivity index (χ1) is 12.8. The molecule has 0 aliphatic heterocycles. The third-order valence-corrected chi connectivity index (χ3v) is 3.97. The van der Waals surface area contributed by atoms with E-state index in [1.165, 1.54) is 5.56 Å². The molecule has 0 aliphatic carbocycles. The molecule has 0 saturated heterocycles. The highest BCUT2D eigenvalue weighted by atomic mass is 127. The van der Waals surface area contributed by atoms with E-state index in [4.69, 9.17) is 0 Å². The van der Waals surface area contributed by atoms with Crippen molar-refractivity contribution in [2.24, 2.45) is 4.99 Å². The van der Waals surface area contributed by atoms with Crippen molar-refractivity contribution < 1.29 is 0 Å². The highest BCUT2D eigenvalue weighted by molar-refractivity contribution is 14.0. The number of aromatic nitrogens is 2. The fourth-order valence-electron chi connectivity index (χ4n) is 2.64. The van der Waals surface area contributed by atoms with Gasteiger partial charge in [-0.05, 0) is 35.9 Å². The first-order valence-corrected chi connectivity index (χ1v) is 8.70. The molecule has 0 saturated carbocycles. The van der Waals surface area contributed by atoms with Crippen LogP contribution in [-0.4, -0.2) is 29.5 Å². The average Bonchev–Trinajstić information content (AvgIpc) is 2.72. The second kappa shape index (κ2) is 11.3. The van der Waals surface area contributed by atoms with Gasteiger partial charge in [-0.3, -0.25) is 15.0 Å². The van der Waals surface area contributed by atoms with Crippen molar-refractivity contribution in [3.63, 3.8) is 0 Å². The maximum Gasteiger partial charge on any atom is 0.191 e. The van der Waals surface area contributed by atoms with Crippen LogP contribution in [0.15, 0.2) is 78.0 Å². The predicted octanol–water partition coefficient (Wildman–Crippen LogP) is 3.67. The zero-order valence-corrected chi connectivity index (χ0v) is 17.6. The Morgan fingerprint density at radius 1 is 0.926 bits per heavy atom. The Bertz CT molecular complexity index is 837. The molecule has 2 aromatic heterocycles. The quantitative estimate of drug-likeness (QED) is 0.326. The molecule has 5 nitrogen and oxygen atoms in total. The van der Waals surface area contributed by atoms with Crippen LogP contribution in [0.4, 0.5) is 0 Å². The minimum Gasteiger partial charge on any atom is -0.356 e. The second-order valence-corrected chi connectivity index (χ2v) is 5.84. The number of nitrogens with one attached hydrogen (secondary N) is 2. The number of guanidine groups is 1. The summed E-state index contributed by atoms with van der Waals surface area (Å²) < 4.78 is 0. The lowest BCUT2D eigenvalue weighted by Gasteiger charge is -2.12. The van der Waals surface area contributed by atoms with Gasteiger partial charge in [0.05, 0.1) is 5.69 Å². The van der Waals surface area contributed by atoms with E-state index in [1.807, 2.05) is 48.8 Å². The molecule has 6 heteroatoms. The fourth-order valence-corrected chi connectivity index (χ4v) is 2.64. The fraction of sp³-hybridized carbons (Fsp3) is 0.190. The zero-order chi connectivity index (χ0) is 18.0. The highest BCUT2D eigenvalue weighted by Crippen LogP contribution is 2.17. The smallest absolute Gasteiger partial charge is 0.191 e. The van der Waals surface area contributed by atoms with Crippen molar-refractivity contribution in [2.45, 2.75) is 13.0 Å². The molecule has 3 rings (SSSR count). The third kappa shape index (κ3) is 6.63. The van der Waals surface area contributed by atoms with Crippen LogP contribution in [0.1, 0.15) is 11.3 Å². The summed E-state index contributed by atoms with van der Waals surface area (Å²) in [6.07, 6.45) is 4.49. The van der Waals surface area contributed by atoms with Gasteiger partial charge in [-0.25, -0.2) is 0 Å². The van der Waals surface area contributed by atoms with Crippen LogP contribution >= 0.6 is 24.0 Å². The van der Waals surface area contributed by atoms with Crippen molar-refractivity contribution in [3.8, 4) is 11.3 Å². The van der Waals surface area contributed by atoms with Crippen LogP contribution in [0, 0.1) is 0 Å². The van der Waals surface area contributed by atoms with Crippen LogP contribution in [0.25, 0.3) is 11.3 Å². The van der Waals surface area contributed by atoms with Crippen LogP contribution in [0.2, 0.25) is 0 Å². The molecular weight excluding hydrogens is 449 g/mol. The van der Waals surface area contributed by atoms with Crippen LogP contribution in [-0.2, 0) is 13.0 Å². The Hall–Kier alpha value is -2.48. The van der Waals surface area contributed by atoms with E-state index in [0.29, 0.717) is 6.54 Å². The second-order valence-electron chi connectivity index (χ2n) is 5.84. The molecule has 0 atom stereocenters. The largest absolute Gasteiger partial charge is 0.356 e. The molecule has 1 aromatic carbocycles. The van der Waals surface area contributed by atoms with E-state index < -0.39 is 0 Å². The number of benzene rings is 1. The normalized spacial score (nSPS) is 10.8. The van der Waals surface area contributed by atoms with Gasteiger partial charge in [0, 0.05) is 50.2 Å². The SMILES string of the molecule is CN=C(NCCc1ccccn1)NCc1cccc(-c2ccccn2)c1.I. The maximum atomic E-state index is 4.41. The summed E-state index contributed by atoms with van der Waals surface area (Å²) in [7, 11) is 1.78. The van der Waals surface area contributed by atoms with Crippen LogP contribution in [0.5, 0.6) is 0 Å². The van der Waals surface area contributed by atoms with Gasteiger partial charge in [0.15, 0.2) is 5.96 Å². The molecule has 0 radical (unpaired) electrons. The van der Waals surface area contributed by atoms with Gasteiger partial charge in [0.25, 0.3) is 0 Å². The van der Waals surface area contributed by atoms with Crippen molar-refractivity contribution in [1.29, 1.82) is 0 Å². The van der Waals surface area contributed by atoms with Gasteiger partial charge in [-0.15, -0.1) is 24.0 Å². The molecule has 0 unspecified atom stereocenters. The van der Waals surface area contributed by atoms with Crippen LogP contribution in [0.3, 0.4) is 0 Å². The average molecular weight is 473 g/mol. The molecule has 27 heavy (non-hydrogen) atoms. The Morgan fingerprint density at radius 3 is 2.44 bits per heavy atom. The summed E-state index contributed by atoms with van der Waals surface area (Å²) in [5.41, 5.74) is 4.34. The van der Waals surface area contributed by atoms with E-state index in [1.54, 1.807) is 7.05 Å². The summed E-state index contributed by atoms with van der Waals surface area (Å²) in [4.78, 5) is 13.0. The van der Waals surface area contributed by atoms with Crippen molar-refractivity contribution in [1.82, 2.24) is 20.6 Å². The number of rotatable bonds is 6. The molecule has 0 bridgehead atoms. The minimum absolute atomic E-state index is 0. The molecular formula is C21H24IN5. The maximum absolute atomic E-state index is 4.41. The van der Waals surface area contributed by atoms with Gasteiger partial charge in [-0.2, -0.15) is 0 Å². The number of hydrogen-bond donors (Lipinski definition) is 2. The predicted molar refractivity (Wildman–Crippen MR) is 121 cm³/mol. The van der Waals surface area contributed by atoms with Gasteiger partial charge < -0.3 is 10.6 Å². The van der Waals surface area contributed by atoms with E-state index in [2.05, 4.69) is 49.9 Å². The molecule has 0 amide bonds. The molecule has 0 aliphatic rings. The molecule has 3 aromatic rings. The van der Waals surface area contributed by atoms with Crippen molar-refractivity contribution in [2.75, 3.05) is 13.6 Å². The summed E-state index contributed by atoms with van der Waals surface area (Å²) in [6.45, 7) is 1.48. The molecule has 2 heterocycles. The summed E-state index contributed by atoms with van der Waals surface area (Å²) in [5.74, 6) is 0.782. The Labute approximate surface area is 177 Å².